The van der Waals surface area contributed by atoms with E-state index in [4.69, 9.17) is 45.2 Å². The van der Waals surface area contributed by atoms with Crippen molar-refractivity contribution in [3.05, 3.63) is 0 Å². The fourth-order valence-corrected chi connectivity index (χ4v) is 0. The van der Waals surface area contributed by atoms with Crippen molar-refractivity contribution in [1.82, 2.24) is 0 Å². The van der Waals surface area contributed by atoms with Crippen LogP contribution in [0.1, 0.15) is 0 Å². The molecule has 72 valence electrons. The summed E-state index contributed by atoms with van der Waals surface area (Å²) in [6, 6.07) is 0. The van der Waals surface area contributed by atoms with Gasteiger partial charge in [-0.3, -0.25) is 22.0 Å². The van der Waals surface area contributed by atoms with Gasteiger partial charge in [-0.1, -0.05) is 0 Å². The van der Waals surface area contributed by atoms with Crippen LogP contribution < -0.4 is 45.2 Å². The molecule has 0 aromatic heterocycles. The minimum atomic E-state index is -2.92. The molecule has 0 saturated heterocycles. The van der Waals surface area contributed by atoms with E-state index in [2.05, 4.69) is 0 Å². The molecule has 0 aliphatic rings. The first kappa shape index (κ1) is 36.1. The topological polar surface area (TPSA) is 208 Å². The molecule has 0 unspecified atom stereocenters. The zero-order valence-corrected chi connectivity index (χ0v) is 14.8. The summed E-state index contributed by atoms with van der Waals surface area (Å²) in [7, 11) is -8.75. The molecule has 9 nitrogen and oxygen atoms in total. The molecule has 0 aliphatic carbocycles. The predicted molar refractivity (Wildman–Crippen MR) is 23.0 cm³/mol. The van der Waals surface area contributed by atoms with Gasteiger partial charge in [0.05, 0.1) is 0 Å². The Morgan fingerprint density at radius 1 is 0.467 bits per heavy atom. The van der Waals surface area contributed by atoms with Gasteiger partial charge in [0.1, 0.15) is 0 Å². The van der Waals surface area contributed by atoms with E-state index in [1.165, 1.54) is 0 Å². The van der Waals surface area contributed by atoms with Gasteiger partial charge >= 0.3 is 85.7 Å². The molecule has 0 spiro atoms. The van der Waals surface area contributed by atoms with E-state index in [1.54, 1.807) is 0 Å². The standard InChI is InChI=1S/Al.3BO3.La.Y/c;3*2-1(3)4;;/q+3;3*-3;2*+3. The Morgan fingerprint density at radius 2 is 0.467 bits per heavy atom. The molecule has 0 amide bonds. The molecule has 0 bridgehead atoms. The van der Waals surface area contributed by atoms with Crippen molar-refractivity contribution in [2.45, 2.75) is 0 Å². The van der Waals surface area contributed by atoms with Crippen LogP contribution in [0.15, 0.2) is 0 Å². The fraction of sp³-hybridized carbons (Fsp3) is 0. The van der Waals surface area contributed by atoms with E-state index in [1.807, 2.05) is 0 Å². The smallest absolute Gasteiger partial charge is 0.907 e. The SMILES string of the molecule is [Al+3].[La+3].[O-]B([O-])[O-].[O-]B([O-])[O-].[O-]B([O-])[O-].[Y+3]. The van der Waals surface area contributed by atoms with Crippen LogP contribution in [-0.4, -0.2) is 39.3 Å². The van der Waals surface area contributed by atoms with Crippen molar-refractivity contribution in [2.24, 2.45) is 0 Å². The quantitative estimate of drug-likeness (QED) is 0.333. The van der Waals surface area contributed by atoms with E-state index in [0.29, 0.717) is 0 Å². The zero-order valence-electron chi connectivity index (χ0n) is 7.14. The maximum absolute atomic E-state index is 8.42. The molecule has 0 heterocycles. The first-order chi connectivity index (χ1) is 5.20. The van der Waals surface area contributed by atoms with Crippen LogP contribution in [0.4, 0.5) is 0 Å². The molecule has 0 fully saturated rings. The van der Waals surface area contributed by atoms with Gasteiger partial charge in [0.2, 0.25) is 0 Å². The number of hydrogen-bond acceptors (Lipinski definition) is 9. The fourth-order valence-electron chi connectivity index (χ4n) is 0. The van der Waals surface area contributed by atoms with Crippen molar-refractivity contribution in [3.8, 4) is 0 Å². The molecule has 15 heteroatoms. The number of hydrogen-bond donors (Lipinski definition) is 0. The first-order valence-corrected chi connectivity index (χ1v) is 2.12. The molecule has 0 aliphatic heterocycles. The van der Waals surface area contributed by atoms with Crippen LogP contribution in [0.3, 0.4) is 0 Å². The summed E-state index contributed by atoms with van der Waals surface area (Å²) in [5.74, 6) is 0. The number of rotatable bonds is 0. The first-order valence-electron chi connectivity index (χ1n) is 2.12. The Bertz CT molecular complexity index is 53.8. The van der Waals surface area contributed by atoms with E-state index < -0.39 is 22.0 Å². The summed E-state index contributed by atoms with van der Waals surface area (Å²) < 4.78 is 0. The average molecular weight is 431 g/mol. The van der Waals surface area contributed by atoms with E-state index in [-0.39, 0.29) is 85.7 Å². The van der Waals surface area contributed by atoms with Crippen LogP contribution in [0, 0.1) is 35.6 Å². The van der Waals surface area contributed by atoms with E-state index >= 15 is 0 Å². The van der Waals surface area contributed by atoms with E-state index in [0.717, 1.165) is 0 Å². The summed E-state index contributed by atoms with van der Waals surface area (Å²) in [6.45, 7) is 0. The van der Waals surface area contributed by atoms with Gasteiger partial charge in [-0.25, -0.2) is 0 Å². The van der Waals surface area contributed by atoms with Gasteiger partial charge in [-0.2, -0.15) is 0 Å². The largest absolute Gasteiger partial charge is 3.00 e. The summed E-state index contributed by atoms with van der Waals surface area (Å²) >= 11 is 0. The van der Waals surface area contributed by atoms with Crippen LogP contribution in [0.2, 0.25) is 0 Å². The molecule has 0 atom stereocenters. The summed E-state index contributed by atoms with van der Waals surface area (Å²) in [4.78, 5) is 0. The van der Waals surface area contributed by atoms with Crippen molar-refractivity contribution >= 4 is 39.3 Å². The van der Waals surface area contributed by atoms with Crippen molar-refractivity contribution in [3.63, 3.8) is 0 Å². The normalized spacial score (nSPS) is 5.40. The van der Waals surface area contributed by atoms with Gasteiger partial charge in [0, 0.05) is 0 Å². The molecule has 0 aromatic rings. The van der Waals surface area contributed by atoms with Crippen molar-refractivity contribution in [2.75, 3.05) is 0 Å². The Hall–Kier alpha value is 2.67. The second-order valence-electron chi connectivity index (χ2n) is 0.866. The van der Waals surface area contributed by atoms with Crippen molar-refractivity contribution in [1.29, 1.82) is 0 Å². The molecule has 0 saturated carbocycles. The third-order valence-electron chi connectivity index (χ3n) is 0. The van der Waals surface area contributed by atoms with Crippen LogP contribution in [-0.2, 0) is 32.7 Å². The Labute approximate surface area is 151 Å². The van der Waals surface area contributed by atoms with Gasteiger partial charge in [-0.15, -0.1) is 0 Å². The molecule has 0 radical (unpaired) electrons. The third-order valence-corrected chi connectivity index (χ3v) is 0. The Morgan fingerprint density at radius 3 is 0.467 bits per heavy atom. The maximum atomic E-state index is 8.42. The average Bonchev–Trinajstić information content (AvgIpc) is 1.54. The molecule has 15 heavy (non-hydrogen) atoms. The van der Waals surface area contributed by atoms with E-state index in [9.17, 15) is 0 Å². The molecule has 0 N–H and O–H groups in total. The monoisotopic (exact) mass is 432 g/mol. The summed E-state index contributed by atoms with van der Waals surface area (Å²) in [5.41, 5.74) is 0. The van der Waals surface area contributed by atoms with Crippen LogP contribution in [0.25, 0.3) is 0 Å². The van der Waals surface area contributed by atoms with Crippen LogP contribution in [0.5, 0.6) is 0 Å². The molecular formula is AlB3LaO9Y. The third kappa shape index (κ3) is 504. The minimum Gasteiger partial charge on any atom is -0.907 e. The second kappa shape index (κ2) is 30.1. The second-order valence-corrected chi connectivity index (χ2v) is 0.866. The Kier molecular flexibility index (Phi) is 72.2. The minimum absolute atomic E-state index is 0. The summed E-state index contributed by atoms with van der Waals surface area (Å²) in [5, 5.41) is 75.8. The Balaban J connectivity index is -0.0000000184. The zero-order chi connectivity index (χ0) is 10.7. The molecule has 0 aromatic carbocycles. The van der Waals surface area contributed by atoms with Crippen LogP contribution >= 0.6 is 0 Å². The summed E-state index contributed by atoms with van der Waals surface area (Å²) in [6.07, 6.45) is 0. The van der Waals surface area contributed by atoms with Gasteiger partial charge in [-0.05, 0) is 0 Å². The molecular weight excluding hydrogens is 431 g/mol. The van der Waals surface area contributed by atoms with Gasteiger partial charge in [0.25, 0.3) is 0 Å². The maximum Gasteiger partial charge on any atom is 3.00 e. The molecule has 0 rings (SSSR count). The predicted octanol–water partition coefficient (Wildman–Crippen LogP) is -12.2. The van der Waals surface area contributed by atoms with Gasteiger partial charge < -0.3 is 45.2 Å². The van der Waals surface area contributed by atoms with Crippen molar-refractivity contribution < 1.29 is 114 Å². The van der Waals surface area contributed by atoms with Gasteiger partial charge in [0.15, 0.2) is 0 Å².